The number of aliphatic hydroxyl groups excluding tert-OH is 1. The first kappa shape index (κ1) is 36.1. The van der Waals surface area contributed by atoms with Gasteiger partial charge in [-0.15, -0.1) is 0 Å². The van der Waals surface area contributed by atoms with E-state index in [2.05, 4.69) is 121 Å². The molecule has 45 heavy (non-hydrogen) atoms. The van der Waals surface area contributed by atoms with E-state index in [1.54, 1.807) is 0 Å². The van der Waals surface area contributed by atoms with Crippen LogP contribution in [0, 0.1) is 0 Å². The van der Waals surface area contributed by atoms with Gasteiger partial charge in [-0.05, 0) is 88.0 Å². The van der Waals surface area contributed by atoms with Gasteiger partial charge in [0.1, 0.15) is 11.5 Å². The predicted molar refractivity (Wildman–Crippen MR) is 191 cm³/mol. The van der Waals surface area contributed by atoms with Gasteiger partial charge in [-0.2, -0.15) is 0 Å². The van der Waals surface area contributed by atoms with Crippen LogP contribution in [-0.4, -0.2) is 39.1 Å². The summed E-state index contributed by atoms with van der Waals surface area (Å²) in [6, 6.07) is 27.3. The second kappa shape index (κ2) is 18.0. The molecule has 0 heterocycles. The van der Waals surface area contributed by atoms with Crippen molar-refractivity contribution in [3.8, 4) is 11.5 Å². The number of carbonyl (C=O) groups is 1. The molecular formula is C39H55NO4Si. The van der Waals surface area contributed by atoms with Crippen LogP contribution in [-0.2, 0) is 4.79 Å². The van der Waals surface area contributed by atoms with Gasteiger partial charge in [0.15, 0.2) is 6.61 Å². The van der Waals surface area contributed by atoms with Gasteiger partial charge in [-0.1, -0.05) is 116 Å². The molecule has 3 aromatic carbocycles. The van der Waals surface area contributed by atoms with Gasteiger partial charge in [0.2, 0.25) is 0 Å². The van der Waals surface area contributed by atoms with E-state index in [0.717, 1.165) is 49.0 Å². The lowest BCUT2D eigenvalue weighted by Gasteiger charge is -2.42. The summed E-state index contributed by atoms with van der Waals surface area (Å²) in [6.45, 7) is 16.9. The zero-order chi connectivity index (χ0) is 32.8. The van der Waals surface area contributed by atoms with E-state index in [1.165, 1.54) is 16.7 Å². The Balaban J connectivity index is 1.85. The van der Waals surface area contributed by atoms with Crippen molar-refractivity contribution in [3.05, 3.63) is 95.6 Å². The second-order valence-electron chi connectivity index (χ2n) is 12.8. The highest BCUT2D eigenvalue weighted by atomic mass is 28.4. The maximum absolute atomic E-state index is 12.3. The number of aliphatic hydroxyl groups is 1. The smallest absolute Gasteiger partial charge is 0.258 e. The van der Waals surface area contributed by atoms with Gasteiger partial charge in [-0.3, -0.25) is 4.79 Å². The van der Waals surface area contributed by atoms with Crippen molar-refractivity contribution in [2.45, 2.75) is 97.2 Å². The number of ether oxygens (including phenoxy) is 1. The molecule has 3 aromatic rings. The lowest BCUT2D eigenvalue weighted by atomic mass is 9.88. The number of allylic oxidation sites excluding steroid dienone is 1. The van der Waals surface area contributed by atoms with E-state index in [0.29, 0.717) is 28.9 Å². The van der Waals surface area contributed by atoms with Crippen molar-refractivity contribution >= 4 is 25.4 Å². The highest BCUT2D eigenvalue weighted by molar-refractivity contribution is 6.78. The number of rotatable bonds is 18. The van der Waals surface area contributed by atoms with E-state index in [4.69, 9.17) is 14.3 Å². The third kappa shape index (κ3) is 9.82. The number of hydrogen-bond acceptors (Lipinski definition) is 4. The normalized spacial score (nSPS) is 12.4. The van der Waals surface area contributed by atoms with Crippen molar-refractivity contribution in [2.75, 3.05) is 19.8 Å². The number of unbranched alkanes of at least 4 members (excludes halogenated alkanes) is 3. The molecule has 0 radical (unpaired) electrons. The van der Waals surface area contributed by atoms with Crippen molar-refractivity contribution < 1.29 is 19.1 Å². The van der Waals surface area contributed by atoms with Crippen LogP contribution in [0.25, 0.3) is 11.1 Å². The van der Waals surface area contributed by atoms with Crippen LogP contribution in [0.2, 0.25) is 16.6 Å². The summed E-state index contributed by atoms with van der Waals surface area (Å²) < 4.78 is 12.8. The van der Waals surface area contributed by atoms with E-state index >= 15 is 0 Å². The van der Waals surface area contributed by atoms with Crippen LogP contribution >= 0.6 is 0 Å². The average Bonchev–Trinajstić information content (AvgIpc) is 3.03. The minimum Gasteiger partial charge on any atom is -0.543 e. The molecule has 6 heteroatoms. The molecule has 0 aromatic heterocycles. The van der Waals surface area contributed by atoms with Crippen LogP contribution in [0.3, 0.4) is 0 Å². The molecule has 0 bridgehead atoms. The van der Waals surface area contributed by atoms with E-state index in [1.807, 2.05) is 12.1 Å². The van der Waals surface area contributed by atoms with Crippen molar-refractivity contribution in [1.29, 1.82) is 0 Å². The van der Waals surface area contributed by atoms with Crippen molar-refractivity contribution in [2.24, 2.45) is 0 Å². The number of amides is 1. The Bertz CT molecular complexity index is 1310. The lowest BCUT2D eigenvalue weighted by Crippen LogP contribution is -2.50. The van der Waals surface area contributed by atoms with Gasteiger partial charge in [0.05, 0.1) is 0 Å². The molecule has 0 spiro atoms. The fourth-order valence-corrected chi connectivity index (χ4v) is 11.9. The first-order valence-electron chi connectivity index (χ1n) is 16.8. The molecule has 0 aliphatic carbocycles. The SMILES string of the molecule is CCC(=C(c1ccc(OCC(=O)NCCCCCCO)cc1)c1ccc(O[Si](C(C)C)(C(C)C)C(C)C)cc1)c1ccccc1. The van der Waals surface area contributed by atoms with Crippen LogP contribution in [0.5, 0.6) is 11.5 Å². The molecule has 2 N–H and O–H groups in total. The van der Waals surface area contributed by atoms with Crippen molar-refractivity contribution in [1.82, 2.24) is 5.32 Å². The van der Waals surface area contributed by atoms with E-state index in [9.17, 15) is 4.79 Å². The van der Waals surface area contributed by atoms with Crippen LogP contribution in [0.15, 0.2) is 78.9 Å². The Morgan fingerprint density at radius 2 is 1.24 bits per heavy atom. The minimum absolute atomic E-state index is 0.0156. The highest BCUT2D eigenvalue weighted by Gasteiger charge is 2.47. The molecule has 1 amide bonds. The third-order valence-electron chi connectivity index (χ3n) is 8.84. The molecule has 0 fully saturated rings. The summed E-state index contributed by atoms with van der Waals surface area (Å²) in [7, 11) is -2.06. The quantitative estimate of drug-likeness (QED) is 0.0835. The number of carbonyl (C=O) groups excluding carboxylic acids is 1. The first-order chi connectivity index (χ1) is 21.6. The monoisotopic (exact) mass is 629 g/mol. The molecule has 0 unspecified atom stereocenters. The van der Waals surface area contributed by atoms with Gasteiger partial charge in [0.25, 0.3) is 14.2 Å². The number of nitrogens with one attached hydrogen (secondary N) is 1. The van der Waals surface area contributed by atoms with Crippen LogP contribution < -0.4 is 14.5 Å². The van der Waals surface area contributed by atoms with E-state index < -0.39 is 8.32 Å². The largest absolute Gasteiger partial charge is 0.543 e. The van der Waals surface area contributed by atoms with Crippen molar-refractivity contribution in [3.63, 3.8) is 0 Å². The third-order valence-corrected chi connectivity index (χ3v) is 14.8. The molecule has 0 aliphatic heterocycles. The van der Waals surface area contributed by atoms with Crippen LogP contribution in [0.1, 0.15) is 97.3 Å². The predicted octanol–water partition coefficient (Wildman–Crippen LogP) is 9.66. The maximum atomic E-state index is 12.3. The summed E-state index contributed by atoms with van der Waals surface area (Å²) in [6.07, 6.45) is 4.56. The number of hydrogen-bond donors (Lipinski definition) is 2. The Hall–Kier alpha value is -3.35. The summed E-state index contributed by atoms with van der Waals surface area (Å²) in [4.78, 5) is 12.3. The Morgan fingerprint density at radius 3 is 1.76 bits per heavy atom. The Kier molecular flexibility index (Phi) is 14.4. The molecule has 3 rings (SSSR count). The lowest BCUT2D eigenvalue weighted by molar-refractivity contribution is -0.123. The fraction of sp³-hybridized carbons (Fsp3) is 0.462. The number of benzene rings is 3. The molecule has 0 atom stereocenters. The van der Waals surface area contributed by atoms with Gasteiger partial charge >= 0.3 is 0 Å². The highest BCUT2D eigenvalue weighted by Crippen LogP contribution is 2.43. The van der Waals surface area contributed by atoms with Gasteiger partial charge in [-0.25, -0.2) is 0 Å². The van der Waals surface area contributed by atoms with Gasteiger partial charge < -0.3 is 19.6 Å². The fourth-order valence-electron chi connectivity index (χ4n) is 6.66. The standard InChI is InChI=1S/C39H55NO4Si/c1-8-37(32-16-12-11-13-17-32)39(34-20-24-36(25-21-34)44-45(29(2)3,30(4)5)31(6)7)33-18-22-35(23-19-33)43-28-38(42)40-26-14-9-10-15-27-41/h11-13,16-25,29-31,41H,8-10,14-15,26-28H2,1-7H3,(H,40,42). The second-order valence-corrected chi connectivity index (χ2v) is 18.2. The topological polar surface area (TPSA) is 67.8 Å². The molecule has 0 saturated carbocycles. The summed E-state index contributed by atoms with van der Waals surface area (Å²) in [5, 5.41) is 11.8. The Morgan fingerprint density at radius 1 is 0.711 bits per heavy atom. The summed E-state index contributed by atoms with van der Waals surface area (Å²) in [5.41, 5.74) is 7.41. The minimum atomic E-state index is -2.06. The van der Waals surface area contributed by atoms with E-state index in [-0.39, 0.29) is 19.1 Å². The molecule has 0 aliphatic rings. The maximum Gasteiger partial charge on any atom is 0.258 e. The molecule has 5 nitrogen and oxygen atoms in total. The summed E-state index contributed by atoms with van der Waals surface area (Å²) >= 11 is 0. The molecule has 244 valence electrons. The van der Waals surface area contributed by atoms with Crippen LogP contribution in [0.4, 0.5) is 0 Å². The molecular weight excluding hydrogens is 575 g/mol. The Labute approximate surface area is 273 Å². The average molecular weight is 630 g/mol. The zero-order valence-electron chi connectivity index (χ0n) is 28.6. The summed E-state index contributed by atoms with van der Waals surface area (Å²) in [5.74, 6) is 1.49. The molecule has 0 saturated heterocycles. The zero-order valence-corrected chi connectivity index (χ0v) is 29.6. The first-order valence-corrected chi connectivity index (χ1v) is 19.0. The van der Waals surface area contributed by atoms with Gasteiger partial charge in [0, 0.05) is 13.2 Å².